The minimum atomic E-state index is -0.541. The molecule has 1 heterocycles. The molecule has 0 amide bonds. The Hall–Kier alpha value is -3.70. The molecule has 0 saturated heterocycles. The summed E-state index contributed by atoms with van der Waals surface area (Å²) in [4.78, 5) is 29.0. The van der Waals surface area contributed by atoms with E-state index in [1.165, 1.54) is 0 Å². The lowest BCUT2D eigenvalue weighted by Crippen LogP contribution is -2.12. The van der Waals surface area contributed by atoms with Crippen molar-refractivity contribution in [2.45, 2.75) is 33.1 Å². The summed E-state index contributed by atoms with van der Waals surface area (Å²) in [5.41, 5.74) is 4.08. The van der Waals surface area contributed by atoms with Gasteiger partial charge in [-0.1, -0.05) is 62.7 Å². The fourth-order valence-corrected chi connectivity index (χ4v) is 3.50. The van der Waals surface area contributed by atoms with Gasteiger partial charge in [-0.15, -0.1) is 0 Å². The number of hydrogen-bond donors (Lipinski definition) is 0. The molecular weight excluding hydrogens is 450 g/mol. The van der Waals surface area contributed by atoms with Gasteiger partial charge < -0.3 is 9.47 Å². The number of halogens is 1. The number of aliphatic imine (C=N–C) groups is 1. The minimum Gasteiger partial charge on any atom is -0.423 e. The first-order chi connectivity index (χ1) is 16.1. The lowest BCUT2D eigenvalue weighted by molar-refractivity contribution is -0.129. The van der Waals surface area contributed by atoms with Gasteiger partial charge >= 0.3 is 11.9 Å². The molecule has 5 nitrogen and oxygen atoms in total. The molecule has 0 spiro atoms. The van der Waals surface area contributed by atoms with Crippen molar-refractivity contribution in [3.63, 3.8) is 0 Å². The van der Waals surface area contributed by atoms with Crippen LogP contribution in [-0.2, 0) is 14.9 Å². The second-order valence-electron chi connectivity index (χ2n) is 9.09. The van der Waals surface area contributed by atoms with Gasteiger partial charge in [-0.2, -0.15) is 0 Å². The van der Waals surface area contributed by atoms with E-state index >= 15 is 0 Å². The molecule has 3 aromatic carbocycles. The van der Waals surface area contributed by atoms with Crippen LogP contribution in [0.2, 0.25) is 5.02 Å². The molecule has 4 rings (SSSR count). The van der Waals surface area contributed by atoms with Crippen molar-refractivity contribution in [3.8, 4) is 5.75 Å². The number of ether oxygens (including phenoxy) is 2. The number of hydrogen-bond acceptors (Lipinski definition) is 5. The Morgan fingerprint density at radius 1 is 1.00 bits per heavy atom. The molecule has 3 aromatic rings. The van der Waals surface area contributed by atoms with E-state index in [0.29, 0.717) is 27.5 Å². The van der Waals surface area contributed by atoms with Crippen molar-refractivity contribution < 1.29 is 19.1 Å². The molecule has 0 atom stereocenters. The Morgan fingerprint density at radius 2 is 1.68 bits per heavy atom. The van der Waals surface area contributed by atoms with Gasteiger partial charge in [0.05, 0.1) is 5.56 Å². The van der Waals surface area contributed by atoms with Gasteiger partial charge in [-0.05, 0) is 71.5 Å². The number of aryl methyl sites for hydroxylation is 1. The average Bonchev–Trinajstić information content (AvgIpc) is 3.16. The number of cyclic esters (lactones) is 1. The molecule has 6 heteroatoms. The monoisotopic (exact) mass is 473 g/mol. The Morgan fingerprint density at radius 3 is 2.29 bits per heavy atom. The predicted molar refractivity (Wildman–Crippen MR) is 133 cm³/mol. The Balaban J connectivity index is 1.46. The lowest BCUT2D eigenvalue weighted by atomic mass is 9.87. The third-order valence-electron chi connectivity index (χ3n) is 5.42. The van der Waals surface area contributed by atoms with Gasteiger partial charge in [0.2, 0.25) is 5.90 Å². The van der Waals surface area contributed by atoms with Crippen LogP contribution in [0.4, 0.5) is 0 Å². The Bertz CT molecular complexity index is 1310. The van der Waals surface area contributed by atoms with Crippen molar-refractivity contribution >= 4 is 35.5 Å². The number of benzene rings is 3. The first kappa shape index (κ1) is 23.5. The molecule has 0 fully saturated rings. The van der Waals surface area contributed by atoms with E-state index in [9.17, 15) is 9.59 Å². The smallest absolute Gasteiger partial charge is 0.363 e. The highest BCUT2D eigenvalue weighted by atomic mass is 35.5. The van der Waals surface area contributed by atoms with Crippen LogP contribution in [0, 0.1) is 6.92 Å². The van der Waals surface area contributed by atoms with Gasteiger partial charge in [0.15, 0.2) is 5.70 Å². The van der Waals surface area contributed by atoms with E-state index in [2.05, 4.69) is 25.8 Å². The summed E-state index contributed by atoms with van der Waals surface area (Å²) in [5, 5.41) is 0.573. The predicted octanol–water partition coefficient (Wildman–Crippen LogP) is 6.51. The summed E-state index contributed by atoms with van der Waals surface area (Å²) in [6.07, 6.45) is 1.61. The van der Waals surface area contributed by atoms with Crippen molar-refractivity contribution in [1.29, 1.82) is 0 Å². The topological polar surface area (TPSA) is 65.0 Å². The average molecular weight is 474 g/mol. The third-order valence-corrected chi connectivity index (χ3v) is 5.83. The third kappa shape index (κ3) is 5.26. The van der Waals surface area contributed by atoms with Crippen LogP contribution >= 0.6 is 11.6 Å². The van der Waals surface area contributed by atoms with Crippen LogP contribution < -0.4 is 4.74 Å². The molecule has 1 aliphatic heterocycles. The van der Waals surface area contributed by atoms with Crippen LogP contribution in [0.15, 0.2) is 77.4 Å². The molecule has 0 N–H and O–H groups in total. The van der Waals surface area contributed by atoms with Crippen LogP contribution in [-0.4, -0.2) is 17.8 Å². The van der Waals surface area contributed by atoms with Crippen LogP contribution in [0.1, 0.15) is 53.4 Å². The van der Waals surface area contributed by atoms with Gasteiger partial charge in [0, 0.05) is 10.6 Å². The Labute approximate surface area is 203 Å². The largest absolute Gasteiger partial charge is 0.423 e. The number of nitrogens with zero attached hydrogens (tertiary/aromatic N) is 1. The number of esters is 2. The summed E-state index contributed by atoms with van der Waals surface area (Å²) >= 11 is 6.16. The Kier molecular flexibility index (Phi) is 6.40. The molecule has 0 aliphatic carbocycles. The maximum atomic E-state index is 12.5. The number of carbonyl (C=O) groups is 2. The van der Waals surface area contributed by atoms with E-state index in [1.807, 2.05) is 25.1 Å². The highest BCUT2D eigenvalue weighted by Gasteiger charge is 2.24. The van der Waals surface area contributed by atoms with Crippen LogP contribution in [0.5, 0.6) is 5.75 Å². The van der Waals surface area contributed by atoms with Crippen LogP contribution in [0.3, 0.4) is 0 Å². The molecule has 0 unspecified atom stereocenters. The summed E-state index contributed by atoms with van der Waals surface area (Å²) < 4.78 is 10.8. The standard InChI is InChI=1S/C28H24ClNO4/c1-17-5-8-20(16-23(17)29)25-30-24(27(32)34-25)15-18-6-13-22(14-7-18)33-26(31)19-9-11-21(12-10-19)28(2,3)4/h5-16H,1-4H3/b24-15-. The molecule has 1 aliphatic rings. The zero-order valence-corrected chi connectivity index (χ0v) is 20.1. The maximum absolute atomic E-state index is 12.5. The quantitative estimate of drug-likeness (QED) is 0.246. The van der Waals surface area contributed by atoms with Gasteiger partial charge in [-0.3, -0.25) is 0 Å². The van der Waals surface area contributed by atoms with E-state index < -0.39 is 11.9 Å². The fourth-order valence-electron chi connectivity index (χ4n) is 3.32. The van der Waals surface area contributed by atoms with Crippen LogP contribution in [0.25, 0.3) is 6.08 Å². The molecule has 0 saturated carbocycles. The maximum Gasteiger partial charge on any atom is 0.363 e. The van der Waals surface area contributed by atoms with Gasteiger partial charge in [-0.25, -0.2) is 14.6 Å². The minimum absolute atomic E-state index is 0.0104. The van der Waals surface area contributed by atoms with Gasteiger partial charge in [0.25, 0.3) is 0 Å². The summed E-state index contributed by atoms with van der Waals surface area (Å²) in [6.45, 7) is 8.25. The van der Waals surface area contributed by atoms with Gasteiger partial charge in [0.1, 0.15) is 5.75 Å². The zero-order chi connectivity index (χ0) is 24.5. The van der Waals surface area contributed by atoms with Crippen molar-refractivity contribution in [3.05, 3.63) is 105 Å². The van der Waals surface area contributed by atoms with E-state index in [-0.39, 0.29) is 17.0 Å². The lowest BCUT2D eigenvalue weighted by Gasteiger charge is -2.18. The first-order valence-corrected chi connectivity index (χ1v) is 11.2. The summed E-state index contributed by atoms with van der Waals surface area (Å²) in [6, 6.07) is 19.6. The van der Waals surface area contributed by atoms with Crippen molar-refractivity contribution in [2.24, 2.45) is 4.99 Å². The summed E-state index contributed by atoms with van der Waals surface area (Å²) in [5.74, 6) is -0.362. The zero-order valence-electron chi connectivity index (χ0n) is 19.4. The SMILES string of the molecule is Cc1ccc(C2=N/C(=C\c3ccc(OC(=O)c4ccc(C(C)(C)C)cc4)cc3)C(=O)O2)cc1Cl. The molecular formula is C28H24ClNO4. The van der Waals surface area contributed by atoms with Crippen molar-refractivity contribution in [1.82, 2.24) is 0 Å². The first-order valence-electron chi connectivity index (χ1n) is 10.8. The second-order valence-corrected chi connectivity index (χ2v) is 9.49. The number of rotatable bonds is 4. The second kappa shape index (κ2) is 9.27. The molecule has 0 radical (unpaired) electrons. The molecule has 172 valence electrons. The molecule has 0 aromatic heterocycles. The van der Waals surface area contributed by atoms with E-state index in [4.69, 9.17) is 21.1 Å². The molecule has 34 heavy (non-hydrogen) atoms. The van der Waals surface area contributed by atoms with E-state index in [1.54, 1.807) is 54.6 Å². The van der Waals surface area contributed by atoms with Crippen molar-refractivity contribution in [2.75, 3.05) is 0 Å². The van der Waals surface area contributed by atoms with E-state index in [0.717, 1.165) is 11.1 Å². The highest BCUT2D eigenvalue weighted by molar-refractivity contribution is 6.31. The molecule has 0 bridgehead atoms. The normalized spacial score (nSPS) is 14.7. The fraction of sp³-hybridized carbons (Fsp3) is 0.179. The highest BCUT2D eigenvalue weighted by Crippen LogP contribution is 2.25. The summed E-state index contributed by atoms with van der Waals surface area (Å²) in [7, 11) is 0. The number of carbonyl (C=O) groups excluding carboxylic acids is 2.